The molecular formula is C16H13N3O3S. The topological polar surface area (TPSA) is 95.8 Å². The van der Waals surface area contributed by atoms with Gasteiger partial charge in [-0.05, 0) is 36.4 Å². The molecule has 0 aliphatic heterocycles. The van der Waals surface area contributed by atoms with Crippen LogP contribution in [0.2, 0.25) is 0 Å². The number of fused-ring (bicyclic) bond motifs is 1. The second-order valence-electron chi connectivity index (χ2n) is 5.06. The van der Waals surface area contributed by atoms with Gasteiger partial charge in [-0.15, -0.1) is 0 Å². The normalized spacial score (nSPS) is 11.3. The third kappa shape index (κ3) is 2.76. The molecule has 0 unspecified atom stereocenters. The van der Waals surface area contributed by atoms with Crippen LogP contribution in [-0.2, 0) is 9.84 Å². The third-order valence-electron chi connectivity index (χ3n) is 3.47. The smallest absolute Gasteiger partial charge is 0.175 e. The standard InChI is InChI=1S/C16H13N3O3S/c1-22-15-6-4-11(23(2,20)21)8-12(15)16-18-13-5-3-10(9-17)7-14(13)19-16/h3-8H,1-2H3,(H,18,19). The van der Waals surface area contributed by atoms with Crippen molar-refractivity contribution in [1.82, 2.24) is 9.97 Å². The summed E-state index contributed by atoms with van der Waals surface area (Å²) in [4.78, 5) is 7.74. The predicted octanol–water partition coefficient (Wildman–Crippen LogP) is 2.51. The zero-order valence-electron chi connectivity index (χ0n) is 12.5. The number of rotatable bonds is 3. The first-order valence-corrected chi connectivity index (χ1v) is 8.60. The number of hydrogen-bond donors (Lipinski definition) is 1. The summed E-state index contributed by atoms with van der Waals surface area (Å²) < 4.78 is 28.8. The van der Waals surface area contributed by atoms with Gasteiger partial charge in [-0.2, -0.15) is 5.26 Å². The van der Waals surface area contributed by atoms with Gasteiger partial charge in [0.05, 0.1) is 40.2 Å². The molecule has 0 saturated heterocycles. The molecule has 1 heterocycles. The van der Waals surface area contributed by atoms with Crippen LogP contribution in [0.25, 0.3) is 22.4 Å². The molecular weight excluding hydrogens is 314 g/mol. The summed E-state index contributed by atoms with van der Waals surface area (Å²) in [5.74, 6) is 0.995. The van der Waals surface area contributed by atoms with Crippen molar-refractivity contribution in [2.45, 2.75) is 4.90 Å². The van der Waals surface area contributed by atoms with Crippen molar-refractivity contribution in [2.75, 3.05) is 13.4 Å². The summed E-state index contributed by atoms with van der Waals surface area (Å²) in [6.07, 6.45) is 1.15. The summed E-state index contributed by atoms with van der Waals surface area (Å²) in [6.45, 7) is 0. The molecule has 2 aromatic carbocycles. The monoisotopic (exact) mass is 327 g/mol. The Bertz CT molecular complexity index is 1050. The van der Waals surface area contributed by atoms with Crippen molar-refractivity contribution in [1.29, 1.82) is 5.26 Å². The van der Waals surface area contributed by atoms with E-state index in [4.69, 9.17) is 10.00 Å². The van der Waals surface area contributed by atoms with Crippen LogP contribution in [0.1, 0.15) is 5.56 Å². The summed E-state index contributed by atoms with van der Waals surface area (Å²) in [7, 11) is -1.83. The first-order chi connectivity index (χ1) is 10.9. The maximum Gasteiger partial charge on any atom is 0.175 e. The molecule has 116 valence electrons. The fourth-order valence-corrected chi connectivity index (χ4v) is 2.96. The first kappa shape index (κ1) is 15.1. The Hall–Kier alpha value is -2.85. The van der Waals surface area contributed by atoms with E-state index in [1.54, 1.807) is 24.3 Å². The molecule has 0 aliphatic rings. The van der Waals surface area contributed by atoms with E-state index in [0.717, 1.165) is 6.26 Å². The van der Waals surface area contributed by atoms with Crippen LogP contribution in [0, 0.1) is 11.3 Å². The molecule has 0 atom stereocenters. The zero-order chi connectivity index (χ0) is 16.6. The number of sulfone groups is 1. The van der Waals surface area contributed by atoms with Gasteiger partial charge in [0, 0.05) is 6.26 Å². The fraction of sp³-hybridized carbons (Fsp3) is 0.125. The highest BCUT2D eigenvalue weighted by Crippen LogP contribution is 2.31. The molecule has 1 aromatic heterocycles. The Labute approximate surface area is 133 Å². The van der Waals surface area contributed by atoms with Gasteiger partial charge in [0.1, 0.15) is 11.6 Å². The number of nitrogens with zero attached hydrogens (tertiary/aromatic N) is 2. The molecule has 0 radical (unpaired) electrons. The highest BCUT2D eigenvalue weighted by Gasteiger charge is 2.15. The largest absolute Gasteiger partial charge is 0.496 e. The average Bonchev–Trinajstić information content (AvgIpc) is 2.96. The minimum atomic E-state index is -3.34. The van der Waals surface area contributed by atoms with Crippen LogP contribution < -0.4 is 4.74 Å². The van der Waals surface area contributed by atoms with E-state index in [-0.39, 0.29) is 4.90 Å². The molecule has 0 aliphatic carbocycles. The van der Waals surface area contributed by atoms with Crippen LogP contribution >= 0.6 is 0 Å². The molecule has 6 nitrogen and oxygen atoms in total. The van der Waals surface area contributed by atoms with Crippen LogP contribution in [0.3, 0.4) is 0 Å². The number of methoxy groups -OCH3 is 1. The molecule has 0 bridgehead atoms. The zero-order valence-corrected chi connectivity index (χ0v) is 13.3. The summed E-state index contributed by atoms with van der Waals surface area (Å²) in [5.41, 5.74) is 2.45. The van der Waals surface area contributed by atoms with E-state index in [9.17, 15) is 8.42 Å². The van der Waals surface area contributed by atoms with E-state index >= 15 is 0 Å². The predicted molar refractivity (Wildman–Crippen MR) is 85.9 cm³/mol. The van der Waals surface area contributed by atoms with Gasteiger partial charge in [0.25, 0.3) is 0 Å². The van der Waals surface area contributed by atoms with E-state index in [1.807, 2.05) is 0 Å². The Morgan fingerprint density at radius 2 is 2.00 bits per heavy atom. The van der Waals surface area contributed by atoms with Crippen molar-refractivity contribution in [3.05, 3.63) is 42.0 Å². The number of hydrogen-bond acceptors (Lipinski definition) is 5. The van der Waals surface area contributed by atoms with Crippen molar-refractivity contribution >= 4 is 20.9 Å². The number of aromatic amines is 1. The van der Waals surface area contributed by atoms with Crippen LogP contribution in [0.15, 0.2) is 41.3 Å². The van der Waals surface area contributed by atoms with Gasteiger partial charge in [-0.1, -0.05) is 0 Å². The number of imidazole rings is 1. The Kier molecular flexibility index (Phi) is 3.54. The van der Waals surface area contributed by atoms with Crippen molar-refractivity contribution in [3.63, 3.8) is 0 Å². The number of ether oxygens (including phenoxy) is 1. The minimum absolute atomic E-state index is 0.187. The molecule has 0 amide bonds. The average molecular weight is 327 g/mol. The molecule has 1 N–H and O–H groups in total. The highest BCUT2D eigenvalue weighted by molar-refractivity contribution is 7.90. The van der Waals surface area contributed by atoms with Crippen molar-refractivity contribution in [2.24, 2.45) is 0 Å². The quantitative estimate of drug-likeness (QED) is 0.797. The highest BCUT2D eigenvalue weighted by atomic mass is 32.2. The molecule has 3 rings (SSSR count). The Morgan fingerprint density at radius 1 is 1.22 bits per heavy atom. The molecule has 23 heavy (non-hydrogen) atoms. The molecule has 3 aromatic rings. The van der Waals surface area contributed by atoms with Crippen molar-refractivity contribution < 1.29 is 13.2 Å². The lowest BCUT2D eigenvalue weighted by atomic mass is 10.2. The minimum Gasteiger partial charge on any atom is -0.496 e. The first-order valence-electron chi connectivity index (χ1n) is 6.70. The number of nitriles is 1. The van der Waals surface area contributed by atoms with E-state index in [2.05, 4.69) is 16.0 Å². The maximum absolute atomic E-state index is 11.8. The number of benzene rings is 2. The summed E-state index contributed by atoms with van der Waals surface area (Å²) >= 11 is 0. The van der Waals surface area contributed by atoms with Crippen molar-refractivity contribution in [3.8, 4) is 23.2 Å². The molecule has 0 fully saturated rings. The molecule has 7 heteroatoms. The van der Waals surface area contributed by atoms with E-state index < -0.39 is 9.84 Å². The lowest BCUT2D eigenvalue weighted by Gasteiger charge is -2.08. The summed E-state index contributed by atoms with van der Waals surface area (Å²) in [6, 6.07) is 11.8. The number of H-pyrrole nitrogens is 1. The van der Waals surface area contributed by atoms with Crippen LogP contribution in [0.5, 0.6) is 5.75 Å². The van der Waals surface area contributed by atoms with Gasteiger partial charge in [-0.3, -0.25) is 0 Å². The second-order valence-corrected chi connectivity index (χ2v) is 7.08. The van der Waals surface area contributed by atoms with E-state index in [0.29, 0.717) is 33.7 Å². The van der Waals surface area contributed by atoms with Crippen LogP contribution in [0.4, 0.5) is 0 Å². The molecule has 0 saturated carbocycles. The van der Waals surface area contributed by atoms with Crippen LogP contribution in [-0.4, -0.2) is 31.8 Å². The second kappa shape index (κ2) is 5.41. The Balaban J connectivity index is 2.23. The van der Waals surface area contributed by atoms with Gasteiger partial charge < -0.3 is 9.72 Å². The van der Waals surface area contributed by atoms with E-state index in [1.165, 1.54) is 19.2 Å². The van der Waals surface area contributed by atoms with Gasteiger partial charge in [0.15, 0.2) is 9.84 Å². The maximum atomic E-state index is 11.8. The lowest BCUT2D eigenvalue weighted by Crippen LogP contribution is -1.99. The van der Waals surface area contributed by atoms with Gasteiger partial charge in [0.2, 0.25) is 0 Å². The van der Waals surface area contributed by atoms with Gasteiger partial charge >= 0.3 is 0 Å². The third-order valence-corrected chi connectivity index (χ3v) is 4.58. The fourth-order valence-electron chi connectivity index (χ4n) is 2.31. The number of nitrogens with one attached hydrogen (secondary N) is 1. The van der Waals surface area contributed by atoms with Gasteiger partial charge in [-0.25, -0.2) is 13.4 Å². The number of aromatic nitrogens is 2. The SMILES string of the molecule is COc1ccc(S(C)(=O)=O)cc1-c1nc2ccc(C#N)cc2[nH]1. The molecule has 0 spiro atoms. The lowest BCUT2D eigenvalue weighted by molar-refractivity contribution is 0.416. The Morgan fingerprint density at radius 3 is 2.65 bits per heavy atom. The summed E-state index contributed by atoms with van der Waals surface area (Å²) in [5, 5.41) is 8.96.